The highest BCUT2D eigenvalue weighted by Gasteiger charge is 2.30. The molecule has 0 saturated heterocycles. The van der Waals surface area contributed by atoms with E-state index in [1.54, 1.807) is 47.7 Å². The molecule has 200 valence electrons. The lowest BCUT2D eigenvalue weighted by Crippen LogP contribution is -2.15. The van der Waals surface area contributed by atoms with E-state index < -0.39 is 11.9 Å². The van der Waals surface area contributed by atoms with E-state index in [9.17, 15) is 18.7 Å². The fraction of sp³-hybridized carbons (Fsp3) is 0.323. The lowest BCUT2D eigenvalue weighted by Gasteiger charge is -2.20. The van der Waals surface area contributed by atoms with Crippen LogP contribution in [0.1, 0.15) is 83.2 Å². The Balaban J connectivity index is 1.36. The molecular formula is C31H29F2N3O2S. The van der Waals surface area contributed by atoms with Gasteiger partial charge in [0.05, 0.1) is 31.8 Å². The summed E-state index contributed by atoms with van der Waals surface area (Å²) in [4.78, 5) is 21.5. The van der Waals surface area contributed by atoms with E-state index in [1.807, 2.05) is 16.7 Å². The van der Waals surface area contributed by atoms with Crippen LogP contribution in [0.3, 0.4) is 0 Å². The highest BCUT2D eigenvalue weighted by atomic mass is 32.1. The molecule has 1 fully saturated rings. The van der Waals surface area contributed by atoms with Crippen molar-refractivity contribution in [3.8, 4) is 0 Å². The molecule has 0 bridgehead atoms. The summed E-state index contributed by atoms with van der Waals surface area (Å²) >= 11 is 1.77. The van der Waals surface area contributed by atoms with Crippen molar-refractivity contribution in [1.82, 2.24) is 14.5 Å². The minimum atomic E-state index is -2.98. The monoisotopic (exact) mass is 545 g/mol. The van der Waals surface area contributed by atoms with Gasteiger partial charge in [0.15, 0.2) is 0 Å². The Hall–Kier alpha value is -3.65. The Morgan fingerprint density at radius 3 is 2.51 bits per heavy atom. The van der Waals surface area contributed by atoms with Gasteiger partial charge in [-0.3, -0.25) is 0 Å². The maximum Gasteiger partial charge on any atom is 0.335 e. The second-order valence-electron chi connectivity index (χ2n) is 10.5. The van der Waals surface area contributed by atoms with Gasteiger partial charge in [-0.25, -0.2) is 23.5 Å². The second-order valence-corrected chi connectivity index (χ2v) is 11.6. The Bertz CT molecular complexity index is 1640. The average Bonchev–Trinajstić information content (AvgIpc) is 3.41. The molecule has 0 aliphatic heterocycles. The van der Waals surface area contributed by atoms with Crippen molar-refractivity contribution in [2.24, 2.45) is 0 Å². The number of fused-ring (bicyclic) bond motifs is 2. The average molecular weight is 546 g/mol. The molecule has 0 amide bonds. The highest BCUT2D eigenvalue weighted by Crippen LogP contribution is 2.41. The molecule has 5 aromatic rings. The van der Waals surface area contributed by atoms with Gasteiger partial charge in [-0.1, -0.05) is 42.8 Å². The summed E-state index contributed by atoms with van der Waals surface area (Å²) < 4.78 is 32.2. The number of alkyl halides is 2. The molecule has 39 heavy (non-hydrogen) atoms. The van der Waals surface area contributed by atoms with Crippen molar-refractivity contribution in [1.29, 1.82) is 0 Å². The van der Waals surface area contributed by atoms with Gasteiger partial charge in [0, 0.05) is 30.9 Å². The minimum absolute atomic E-state index is 0.00303. The fourth-order valence-electron chi connectivity index (χ4n) is 5.89. The first kappa shape index (κ1) is 25.6. The van der Waals surface area contributed by atoms with Crippen LogP contribution < -0.4 is 0 Å². The van der Waals surface area contributed by atoms with E-state index in [0.717, 1.165) is 55.9 Å². The van der Waals surface area contributed by atoms with Gasteiger partial charge in [-0.15, -0.1) is 11.3 Å². The van der Waals surface area contributed by atoms with Crippen molar-refractivity contribution in [3.05, 3.63) is 94.3 Å². The van der Waals surface area contributed by atoms with Gasteiger partial charge in [-0.2, -0.15) is 0 Å². The predicted octanol–water partition coefficient (Wildman–Crippen LogP) is 8.34. The van der Waals surface area contributed by atoms with Crippen molar-refractivity contribution < 1.29 is 18.7 Å². The number of benzene rings is 3. The molecule has 0 radical (unpaired) electrons. The number of rotatable bonds is 6. The topological polar surface area (TPSA) is 68.0 Å². The molecule has 2 unspecified atom stereocenters. The molecule has 2 aromatic heterocycles. The molecule has 8 heteroatoms. The maximum atomic E-state index is 14.5. The molecule has 1 aliphatic carbocycles. The zero-order valence-corrected chi connectivity index (χ0v) is 22.4. The number of nitrogens with zero attached hydrogens (tertiary/aromatic N) is 3. The molecule has 5 nitrogen and oxygen atoms in total. The number of carbonyl (C=O) groups is 1. The minimum Gasteiger partial charge on any atom is -0.478 e. The van der Waals surface area contributed by atoms with Gasteiger partial charge in [0.25, 0.3) is 5.92 Å². The summed E-state index contributed by atoms with van der Waals surface area (Å²) in [5.41, 5.74) is 3.08. The molecule has 0 spiro atoms. The van der Waals surface area contributed by atoms with Crippen LogP contribution >= 0.6 is 11.3 Å². The lowest BCUT2D eigenvalue weighted by molar-refractivity contribution is 0.0164. The van der Waals surface area contributed by atoms with E-state index in [0.29, 0.717) is 17.0 Å². The Morgan fingerprint density at radius 1 is 0.974 bits per heavy atom. The second kappa shape index (κ2) is 10.2. The van der Waals surface area contributed by atoms with Crippen LogP contribution in [0.15, 0.2) is 66.7 Å². The molecule has 1 aliphatic rings. The number of aromatic carboxylic acids is 1. The molecule has 6 rings (SSSR count). The summed E-state index contributed by atoms with van der Waals surface area (Å²) in [6.45, 7) is 1.17. The number of imidazole rings is 1. The molecule has 3 aromatic carbocycles. The Labute approximate surface area is 229 Å². The number of carboxylic acids is 1. The number of thiazole rings is 1. The normalized spacial score (nSPS) is 18.4. The zero-order chi connectivity index (χ0) is 27.1. The van der Waals surface area contributed by atoms with Gasteiger partial charge in [0.2, 0.25) is 0 Å². The summed E-state index contributed by atoms with van der Waals surface area (Å²) in [6.07, 6.45) is 4.87. The van der Waals surface area contributed by atoms with Crippen LogP contribution in [0.5, 0.6) is 0 Å². The fourth-order valence-corrected chi connectivity index (χ4v) is 7.02. The number of halogens is 2. The van der Waals surface area contributed by atoms with Crippen molar-refractivity contribution in [2.45, 2.75) is 63.3 Å². The van der Waals surface area contributed by atoms with Crippen LogP contribution in [0.2, 0.25) is 0 Å². The summed E-state index contributed by atoms with van der Waals surface area (Å²) in [7, 11) is 0. The SMILES string of the molecule is CC(F)(F)c1ccccc1Cn1c(C2CCCC(c3nc4ccccc4s3)CC2)nc2cc(C(=O)O)ccc21. The Kier molecular flexibility index (Phi) is 6.67. The quantitative estimate of drug-likeness (QED) is 0.218. The third kappa shape index (κ3) is 5.05. The number of aromatic nitrogens is 3. The first-order chi connectivity index (χ1) is 18.8. The third-order valence-electron chi connectivity index (χ3n) is 7.84. The van der Waals surface area contributed by atoms with Crippen LogP contribution in [0, 0.1) is 0 Å². The van der Waals surface area contributed by atoms with Gasteiger partial charge >= 0.3 is 5.97 Å². The van der Waals surface area contributed by atoms with Gasteiger partial charge < -0.3 is 9.67 Å². The zero-order valence-electron chi connectivity index (χ0n) is 21.6. The molecular weight excluding hydrogens is 516 g/mol. The number of para-hydroxylation sites is 1. The molecule has 2 atom stereocenters. The Morgan fingerprint density at radius 2 is 1.72 bits per heavy atom. The van der Waals surface area contributed by atoms with Crippen molar-refractivity contribution >= 4 is 38.6 Å². The highest BCUT2D eigenvalue weighted by molar-refractivity contribution is 7.18. The van der Waals surface area contributed by atoms with Crippen LogP contribution in [-0.2, 0) is 12.5 Å². The van der Waals surface area contributed by atoms with Gasteiger partial charge in [0.1, 0.15) is 5.82 Å². The van der Waals surface area contributed by atoms with Crippen LogP contribution in [-0.4, -0.2) is 25.6 Å². The summed E-state index contributed by atoms with van der Waals surface area (Å²) in [5, 5.41) is 10.7. The van der Waals surface area contributed by atoms with E-state index in [-0.39, 0.29) is 23.6 Å². The molecule has 1 N–H and O–H groups in total. The standard InChI is InChI=1S/C31H29F2N3O2S/c1-31(32,33)23-10-3-2-7-22(23)18-36-26-16-15-21(30(37)38)17-25(26)34-28(36)19-8-6-9-20(14-13-19)29-35-24-11-4-5-12-27(24)39-29/h2-5,7,10-12,15-17,19-20H,6,8-9,13-14,18H2,1H3,(H,37,38). The first-order valence-electron chi connectivity index (χ1n) is 13.3. The largest absolute Gasteiger partial charge is 0.478 e. The maximum absolute atomic E-state index is 14.5. The van der Waals surface area contributed by atoms with Crippen LogP contribution in [0.4, 0.5) is 8.78 Å². The first-order valence-corrected chi connectivity index (χ1v) is 14.1. The number of hydrogen-bond acceptors (Lipinski definition) is 4. The lowest BCUT2D eigenvalue weighted by atomic mass is 9.97. The van der Waals surface area contributed by atoms with E-state index in [1.165, 1.54) is 15.8 Å². The number of carboxylic acid groups (broad SMARTS) is 1. The predicted molar refractivity (Wildman–Crippen MR) is 150 cm³/mol. The van der Waals surface area contributed by atoms with Crippen molar-refractivity contribution in [2.75, 3.05) is 0 Å². The molecule has 2 heterocycles. The van der Waals surface area contributed by atoms with Gasteiger partial charge in [-0.05, 0) is 61.6 Å². The van der Waals surface area contributed by atoms with E-state index in [2.05, 4.69) is 12.1 Å². The molecule has 1 saturated carbocycles. The van der Waals surface area contributed by atoms with E-state index in [4.69, 9.17) is 9.97 Å². The number of hydrogen-bond donors (Lipinski definition) is 1. The summed E-state index contributed by atoms with van der Waals surface area (Å²) in [6, 6.07) is 19.7. The summed E-state index contributed by atoms with van der Waals surface area (Å²) in [5.74, 6) is -2.64. The van der Waals surface area contributed by atoms with Crippen molar-refractivity contribution in [3.63, 3.8) is 0 Å². The smallest absolute Gasteiger partial charge is 0.335 e. The van der Waals surface area contributed by atoms with E-state index >= 15 is 0 Å². The third-order valence-corrected chi connectivity index (χ3v) is 9.04. The van der Waals surface area contributed by atoms with Crippen LogP contribution in [0.25, 0.3) is 21.3 Å².